The first-order valence-electron chi connectivity index (χ1n) is 7.15. The monoisotopic (exact) mass is 357 g/mol. The van der Waals surface area contributed by atoms with Crippen LogP contribution < -0.4 is 5.73 Å². The van der Waals surface area contributed by atoms with Gasteiger partial charge in [0.1, 0.15) is 48.2 Å². The van der Waals surface area contributed by atoms with E-state index in [1.165, 1.54) is 0 Å². The molecule has 10 unspecified atom stereocenters. The first-order valence-corrected chi connectivity index (χ1v) is 7.67. The zero-order valence-electron chi connectivity index (χ0n) is 12.1. The lowest BCUT2D eigenvalue weighted by Gasteiger charge is -2.45. The molecule has 10 nitrogen and oxygen atoms in total. The van der Waals surface area contributed by atoms with E-state index in [1.54, 1.807) is 0 Å². The summed E-state index contributed by atoms with van der Waals surface area (Å²) < 4.78 is 15.9. The smallest absolute Gasteiger partial charge is 0.187 e. The molecule has 2 fully saturated rings. The lowest BCUT2D eigenvalue weighted by Crippen LogP contribution is -2.65. The molecule has 0 radical (unpaired) electrons. The molecule has 2 aliphatic rings. The molecule has 2 saturated heterocycles. The maximum Gasteiger partial charge on any atom is 0.187 e. The molecule has 0 aliphatic carbocycles. The fraction of sp³-hybridized carbons (Fsp3) is 1.00. The molecule has 0 aromatic heterocycles. The molecule has 23 heavy (non-hydrogen) atoms. The summed E-state index contributed by atoms with van der Waals surface area (Å²) in [4.78, 5) is 0. The van der Waals surface area contributed by atoms with Gasteiger partial charge in [0.25, 0.3) is 0 Å². The fourth-order valence-corrected chi connectivity index (χ4v) is 2.94. The highest BCUT2D eigenvalue weighted by atomic mass is 32.1. The Kier molecular flexibility index (Phi) is 6.61. The van der Waals surface area contributed by atoms with Gasteiger partial charge < -0.3 is 50.6 Å². The van der Waals surface area contributed by atoms with Crippen molar-refractivity contribution in [1.82, 2.24) is 0 Å². The Balaban J connectivity index is 2.11. The van der Waals surface area contributed by atoms with Gasteiger partial charge in [0.15, 0.2) is 6.29 Å². The van der Waals surface area contributed by atoms with E-state index in [1.807, 2.05) is 0 Å². The molecule has 136 valence electrons. The molecule has 10 atom stereocenters. The van der Waals surface area contributed by atoms with Crippen molar-refractivity contribution in [1.29, 1.82) is 0 Å². The molecular weight excluding hydrogens is 334 g/mol. The molecule has 0 aromatic carbocycles. The Morgan fingerprint density at radius 2 is 1.48 bits per heavy atom. The topological polar surface area (TPSA) is 175 Å². The van der Waals surface area contributed by atoms with Crippen LogP contribution in [-0.2, 0) is 14.2 Å². The number of rotatable bonds is 4. The van der Waals surface area contributed by atoms with Crippen molar-refractivity contribution >= 4 is 12.6 Å². The van der Waals surface area contributed by atoms with Gasteiger partial charge in [-0.3, -0.25) is 0 Å². The molecule has 2 rings (SSSR count). The third kappa shape index (κ3) is 3.80. The van der Waals surface area contributed by atoms with Crippen molar-refractivity contribution in [2.24, 2.45) is 5.73 Å². The van der Waals surface area contributed by atoms with E-state index in [0.717, 1.165) is 0 Å². The van der Waals surface area contributed by atoms with Crippen LogP contribution in [0.1, 0.15) is 0 Å². The average molecular weight is 357 g/mol. The largest absolute Gasteiger partial charge is 0.394 e. The van der Waals surface area contributed by atoms with Crippen LogP contribution in [0.5, 0.6) is 0 Å². The van der Waals surface area contributed by atoms with E-state index < -0.39 is 73.7 Å². The lowest BCUT2D eigenvalue weighted by atomic mass is 9.97. The molecule has 0 saturated carbocycles. The molecule has 0 bridgehead atoms. The molecule has 0 spiro atoms. The standard InChI is InChI=1S/C12H23NO9S/c13-5-7(17)10(4(2-15)21-12(5)23)22-11-9(19)8(18)6(16)3(1-14)20-11/h3-12,14-19,23H,1-2,13H2. The first-order chi connectivity index (χ1) is 10.8. The summed E-state index contributed by atoms with van der Waals surface area (Å²) in [7, 11) is 0. The minimum absolute atomic E-state index is 0.511. The van der Waals surface area contributed by atoms with Gasteiger partial charge in [-0.15, -0.1) is 12.6 Å². The van der Waals surface area contributed by atoms with Crippen molar-refractivity contribution in [2.45, 2.75) is 60.5 Å². The van der Waals surface area contributed by atoms with Crippen molar-refractivity contribution in [3.05, 3.63) is 0 Å². The summed E-state index contributed by atoms with van der Waals surface area (Å²) in [6.07, 6.45) is -10.8. The van der Waals surface area contributed by atoms with Gasteiger partial charge in [-0.1, -0.05) is 0 Å². The zero-order chi connectivity index (χ0) is 17.3. The SMILES string of the molecule is NC1C(S)OC(CO)C(OC2OC(CO)C(O)C(O)C2O)C1O. The maximum atomic E-state index is 10.2. The van der Waals surface area contributed by atoms with Crippen LogP contribution in [0.4, 0.5) is 0 Å². The summed E-state index contributed by atoms with van der Waals surface area (Å²) in [5, 5.41) is 58.0. The van der Waals surface area contributed by atoms with Gasteiger partial charge in [-0.25, -0.2) is 0 Å². The van der Waals surface area contributed by atoms with Gasteiger partial charge >= 0.3 is 0 Å². The fourth-order valence-electron chi connectivity index (χ4n) is 2.60. The Labute approximate surface area is 137 Å². The van der Waals surface area contributed by atoms with Crippen LogP contribution in [0.2, 0.25) is 0 Å². The van der Waals surface area contributed by atoms with Crippen molar-refractivity contribution in [3.8, 4) is 0 Å². The second-order valence-electron chi connectivity index (χ2n) is 5.61. The Hall–Kier alpha value is -0.0500. The van der Waals surface area contributed by atoms with E-state index in [9.17, 15) is 25.5 Å². The van der Waals surface area contributed by atoms with Gasteiger partial charge in [0.05, 0.1) is 19.3 Å². The van der Waals surface area contributed by atoms with Crippen LogP contribution >= 0.6 is 12.6 Å². The van der Waals surface area contributed by atoms with Crippen molar-refractivity contribution in [3.63, 3.8) is 0 Å². The molecular formula is C12H23NO9S. The minimum atomic E-state index is -1.63. The van der Waals surface area contributed by atoms with Crippen molar-refractivity contribution in [2.75, 3.05) is 13.2 Å². The summed E-state index contributed by atoms with van der Waals surface area (Å²) >= 11 is 4.05. The van der Waals surface area contributed by atoms with Crippen LogP contribution in [0, 0.1) is 0 Å². The highest BCUT2D eigenvalue weighted by molar-refractivity contribution is 7.80. The van der Waals surface area contributed by atoms with Crippen LogP contribution in [-0.4, -0.2) is 104 Å². The van der Waals surface area contributed by atoms with Crippen LogP contribution in [0.25, 0.3) is 0 Å². The minimum Gasteiger partial charge on any atom is -0.394 e. The third-order valence-electron chi connectivity index (χ3n) is 4.06. The Morgan fingerprint density at radius 1 is 0.870 bits per heavy atom. The zero-order valence-corrected chi connectivity index (χ0v) is 13.0. The number of hydrogen-bond acceptors (Lipinski definition) is 11. The molecule has 2 aliphatic heterocycles. The van der Waals surface area contributed by atoms with E-state index in [4.69, 9.17) is 25.1 Å². The third-order valence-corrected chi connectivity index (χ3v) is 4.53. The number of hydrogen-bond donors (Lipinski definition) is 8. The van der Waals surface area contributed by atoms with E-state index >= 15 is 0 Å². The average Bonchev–Trinajstić information content (AvgIpc) is 2.55. The maximum absolute atomic E-state index is 10.2. The number of aliphatic hydroxyl groups is 6. The second-order valence-corrected chi connectivity index (χ2v) is 6.12. The summed E-state index contributed by atoms with van der Waals surface area (Å²) in [6.45, 7) is -1.13. The highest BCUT2D eigenvalue weighted by Gasteiger charge is 2.49. The predicted octanol–water partition coefficient (Wildman–Crippen LogP) is -4.49. The number of nitrogens with two attached hydrogens (primary N) is 1. The molecule has 2 heterocycles. The predicted molar refractivity (Wildman–Crippen MR) is 77.4 cm³/mol. The normalized spacial score (nSPS) is 51.7. The highest BCUT2D eigenvalue weighted by Crippen LogP contribution is 2.29. The van der Waals surface area contributed by atoms with Gasteiger partial charge in [0.2, 0.25) is 0 Å². The van der Waals surface area contributed by atoms with E-state index in [0.29, 0.717) is 0 Å². The molecule has 8 N–H and O–H groups in total. The van der Waals surface area contributed by atoms with Crippen LogP contribution in [0.15, 0.2) is 0 Å². The number of thiol groups is 1. The summed E-state index contributed by atoms with van der Waals surface area (Å²) in [5.74, 6) is 0. The number of aliphatic hydroxyl groups excluding tert-OH is 6. The van der Waals surface area contributed by atoms with Gasteiger partial charge in [0, 0.05) is 0 Å². The van der Waals surface area contributed by atoms with Crippen molar-refractivity contribution < 1.29 is 44.8 Å². The van der Waals surface area contributed by atoms with Gasteiger partial charge in [-0.05, 0) is 0 Å². The van der Waals surface area contributed by atoms with Gasteiger partial charge in [-0.2, -0.15) is 0 Å². The van der Waals surface area contributed by atoms with E-state index in [-0.39, 0.29) is 0 Å². The van der Waals surface area contributed by atoms with E-state index in [2.05, 4.69) is 12.6 Å². The Bertz CT molecular complexity index is 388. The quantitative estimate of drug-likeness (QED) is 0.229. The second kappa shape index (κ2) is 7.89. The lowest BCUT2D eigenvalue weighted by molar-refractivity contribution is -0.332. The Morgan fingerprint density at radius 3 is 2.04 bits per heavy atom. The summed E-state index contributed by atoms with van der Waals surface area (Å²) in [6, 6.07) is -0.920. The van der Waals surface area contributed by atoms with Crippen LogP contribution in [0.3, 0.4) is 0 Å². The molecule has 11 heteroatoms. The summed E-state index contributed by atoms with van der Waals surface area (Å²) in [5.41, 5.74) is 4.90. The molecule has 0 aromatic rings. The molecule has 0 amide bonds. The number of ether oxygens (including phenoxy) is 3. The first kappa shape index (κ1) is 19.3.